The van der Waals surface area contributed by atoms with Crippen LogP contribution >= 0.6 is 0 Å². The Morgan fingerprint density at radius 2 is 1.93 bits per heavy atom. The molecule has 0 atom stereocenters. The molecule has 0 aliphatic carbocycles. The van der Waals surface area contributed by atoms with Gasteiger partial charge in [-0.2, -0.15) is 8.78 Å². The van der Waals surface area contributed by atoms with Crippen molar-refractivity contribution in [3.63, 3.8) is 0 Å². The number of carbonyl (C=O) groups excluding carboxylic acids is 1. The Morgan fingerprint density at radius 3 is 2.62 bits per heavy atom. The van der Waals surface area contributed by atoms with Crippen molar-refractivity contribution < 1.29 is 18.3 Å². The zero-order chi connectivity index (χ0) is 20.4. The molecule has 0 fully saturated rings. The van der Waals surface area contributed by atoms with E-state index in [-0.39, 0.29) is 17.3 Å². The number of alkyl halides is 2. The van der Waals surface area contributed by atoms with Crippen LogP contribution in [0.15, 0.2) is 61.2 Å². The van der Waals surface area contributed by atoms with Crippen molar-refractivity contribution in [1.82, 2.24) is 19.5 Å². The third-order valence-electron chi connectivity index (χ3n) is 4.26. The Balaban J connectivity index is 1.56. The van der Waals surface area contributed by atoms with Gasteiger partial charge < -0.3 is 9.30 Å². The van der Waals surface area contributed by atoms with E-state index in [4.69, 9.17) is 0 Å². The van der Waals surface area contributed by atoms with Gasteiger partial charge in [-0.1, -0.05) is 12.1 Å². The van der Waals surface area contributed by atoms with Gasteiger partial charge in [-0.25, -0.2) is 15.0 Å². The van der Waals surface area contributed by atoms with Crippen LogP contribution in [0.2, 0.25) is 0 Å². The fourth-order valence-electron chi connectivity index (χ4n) is 2.84. The number of nitrogens with one attached hydrogen (secondary N) is 1. The van der Waals surface area contributed by atoms with Gasteiger partial charge in [0.25, 0.3) is 5.91 Å². The van der Waals surface area contributed by atoms with Crippen molar-refractivity contribution in [3.05, 3.63) is 66.7 Å². The fourth-order valence-corrected chi connectivity index (χ4v) is 2.84. The van der Waals surface area contributed by atoms with Crippen LogP contribution in [0.1, 0.15) is 10.4 Å². The molecule has 1 N–H and O–H groups in total. The minimum absolute atomic E-state index is 0.0267. The van der Waals surface area contributed by atoms with E-state index in [1.54, 1.807) is 18.7 Å². The molecule has 0 aliphatic rings. The molecule has 4 aromatic rings. The van der Waals surface area contributed by atoms with Gasteiger partial charge in [0.2, 0.25) is 5.95 Å². The van der Waals surface area contributed by atoms with Gasteiger partial charge in [0.1, 0.15) is 5.75 Å². The average molecular weight is 395 g/mol. The lowest BCUT2D eigenvalue weighted by atomic mass is 10.1. The third kappa shape index (κ3) is 4.03. The number of fused-ring (bicyclic) bond motifs is 1. The molecule has 1 amide bonds. The summed E-state index contributed by atoms with van der Waals surface area (Å²) in [5.74, 6) is -0.352. The van der Waals surface area contributed by atoms with Crippen molar-refractivity contribution in [1.29, 1.82) is 0 Å². The second kappa shape index (κ2) is 7.63. The van der Waals surface area contributed by atoms with Crippen molar-refractivity contribution in [2.24, 2.45) is 7.05 Å². The quantitative estimate of drug-likeness (QED) is 0.555. The number of benzene rings is 2. The third-order valence-corrected chi connectivity index (χ3v) is 4.26. The maximum absolute atomic E-state index is 12.4. The monoisotopic (exact) mass is 395 g/mol. The van der Waals surface area contributed by atoms with Gasteiger partial charge in [0, 0.05) is 29.8 Å². The van der Waals surface area contributed by atoms with E-state index in [1.807, 2.05) is 29.8 Å². The van der Waals surface area contributed by atoms with Crippen LogP contribution in [0, 0.1) is 0 Å². The Labute approximate surface area is 164 Å². The predicted octanol–water partition coefficient (Wildman–Crippen LogP) is 3.88. The first-order chi connectivity index (χ1) is 14.0. The minimum Gasteiger partial charge on any atom is -0.435 e. The first-order valence-electron chi connectivity index (χ1n) is 8.59. The van der Waals surface area contributed by atoms with E-state index in [0.29, 0.717) is 5.52 Å². The Kier molecular flexibility index (Phi) is 4.86. The topological polar surface area (TPSA) is 81.9 Å². The lowest BCUT2D eigenvalue weighted by Crippen LogP contribution is -2.14. The zero-order valence-electron chi connectivity index (χ0n) is 15.2. The molecular formula is C20H15F2N5O2. The van der Waals surface area contributed by atoms with Crippen LogP contribution in [0.3, 0.4) is 0 Å². The van der Waals surface area contributed by atoms with Gasteiger partial charge >= 0.3 is 6.61 Å². The maximum Gasteiger partial charge on any atom is 0.387 e. The lowest BCUT2D eigenvalue weighted by Gasteiger charge is -2.08. The SMILES string of the molecule is Cn1cncc1-c1ccc2cnc(NC(=O)c3ccc(OC(F)F)cc3)nc2c1. The highest BCUT2D eigenvalue weighted by Gasteiger charge is 2.11. The molecule has 0 radical (unpaired) electrons. The second-order valence-corrected chi connectivity index (χ2v) is 6.21. The van der Waals surface area contributed by atoms with Gasteiger partial charge in [-0.05, 0) is 30.3 Å². The molecule has 2 aromatic heterocycles. The molecule has 0 bridgehead atoms. The Morgan fingerprint density at radius 1 is 1.14 bits per heavy atom. The van der Waals surface area contributed by atoms with Crippen molar-refractivity contribution in [2.75, 3.05) is 5.32 Å². The molecule has 0 unspecified atom stereocenters. The van der Waals surface area contributed by atoms with Crippen LogP contribution in [0.25, 0.3) is 22.2 Å². The largest absolute Gasteiger partial charge is 0.435 e. The number of hydrogen-bond donors (Lipinski definition) is 1. The normalized spacial score (nSPS) is 11.0. The van der Waals surface area contributed by atoms with Gasteiger partial charge in [-0.3, -0.25) is 10.1 Å². The summed E-state index contributed by atoms with van der Waals surface area (Å²) in [5, 5.41) is 3.43. The molecule has 2 aromatic carbocycles. The lowest BCUT2D eigenvalue weighted by molar-refractivity contribution is -0.0498. The summed E-state index contributed by atoms with van der Waals surface area (Å²) >= 11 is 0. The summed E-state index contributed by atoms with van der Waals surface area (Å²) in [4.78, 5) is 25.1. The van der Waals surface area contributed by atoms with Crippen LogP contribution in [0.4, 0.5) is 14.7 Å². The highest BCUT2D eigenvalue weighted by atomic mass is 19.3. The van der Waals surface area contributed by atoms with Crippen LogP contribution in [0.5, 0.6) is 5.75 Å². The number of anilines is 1. The number of aryl methyl sites for hydroxylation is 1. The molecule has 29 heavy (non-hydrogen) atoms. The average Bonchev–Trinajstić information content (AvgIpc) is 3.13. The summed E-state index contributed by atoms with van der Waals surface area (Å²) in [6, 6.07) is 11.1. The summed E-state index contributed by atoms with van der Waals surface area (Å²) in [6.07, 6.45) is 5.08. The Bertz CT molecular complexity index is 1180. The zero-order valence-corrected chi connectivity index (χ0v) is 15.2. The summed E-state index contributed by atoms with van der Waals surface area (Å²) in [6.45, 7) is -2.92. The fraction of sp³-hybridized carbons (Fsp3) is 0.100. The molecule has 4 rings (SSSR count). The molecule has 0 spiro atoms. The minimum atomic E-state index is -2.92. The molecule has 2 heterocycles. The van der Waals surface area contributed by atoms with E-state index in [1.165, 1.54) is 24.3 Å². The highest BCUT2D eigenvalue weighted by molar-refractivity contribution is 6.03. The van der Waals surface area contributed by atoms with Crippen LogP contribution in [-0.4, -0.2) is 32.0 Å². The number of nitrogens with zero attached hydrogens (tertiary/aromatic N) is 4. The maximum atomic E-state index is 12.4. The van der Waals surface area contributed by atoms with Crippen LogP contribution < -0.4 is 10.1 Å². The van der Waals surface area contributed by atoms with E-state index >= 15 is 0 Å². The molecular weight excluding hydrogens is 380 g/mol. The summed E-state index contributed by atoms with van der Waals surface area (Å²) < 4.78 is 30.6. The highest BCUT2D eigenvalue weighted by Crippen LogP contribution is 2.23. The first kappa shape index (κ1) is 18.5. The van der Waals surface area contributed by atoms with Gasteiger partial charge in [0.05, 0.1) is 23.7 Å². The van der Waals surface area contributed by atoms with E-state index < -0.39 is 12.5 Å². The Hall–Kier alpha value is -3.88. The van der Waals surface area contributed by atoms with Crippen molar-refractivity contribution in [3.8, 4) is 17.0 Å². The van der Waals surface area contributed by atoms with Gasteiger partial charge in [0.15, 0.2) is 0 Å². The van der Waals surface area contributed by atoms with Crippen molar-refractivity contribution >= 4 is 22.8 Å². The number of carbonyl (C=O) groups is 1. The number of ether oxygens (including phenoxy) is 1. The molecule has 7 nitrogen and oxygen atoms in total. The van der Waals surface area contributed by atoms with Crippen molar-refractivity contribution in [2.45, 2.75) is 6.61 Å². The predicted molar refractivity (Wildman–Crippen MR) is 103 cm³/mol. The number of hydrogen-bond acceptors (Lipinski definition) is 5. The smallest absolute Gasteiger partial charge is 0.387 e. The van der Waals surface area contributed by atoms with E-state index in [0.717, 1.165) is 16.6 Å². The number of rotatable bonds is 5. The standard InChI is InChI=1S/C20H15F2N5O2/c1-27-11-23-10-17(27)13-2-3-14-9-24-20(25-16(14)8-13)26-18(28)12-4-6-15(7-5-12)29-19(21)22/h2-11,19H,1H3,(H,24,25,26,28). The summed E-state index contributed by atoms with van der Waals surface area (Å²) in [7, 11) is 1.90. The molecule has 0 saturated heterocycles. The number of amides is 1. The van der Waals surface area contributed by atoms with E-state index in [2.05, 4.69) is 25.0 Å². The van der Waals surface area contributed by atoms with Crippen LogP contribution in [-0.2, 0) is 7.05 Å². The summed E-state index contributed by atoms with van der Waals surface area (Å²) in [5.41, 5.74) is 2.79. The molecule has 0 saturated carbocycles. The second-order valence-electron chi connectivity index (χ2n) is 6.21. The van der Waals surface area contributed by atoms with E-state index in [9.17, 15) is 13.6 Å². The van der Waals surface area contributed by atoms with Gasteiger partial charge in [-0.15, -0.1) is 0 Å². The molecule has 9 heteroatoms. The molecule has 0 aliphatic heterocycles. The number of imidazole rings is 1. The number of aromatic nitrogens is 4. The number of halogens is 2. The first-order valence-corrected chi connectivity index (χ1v) is 8.59. The molecule has 146 valence electrons.